The highest BCUT2D eigenvalue weighted by Crippen LogP contribution is 2.41. The zero-order valence-electron chi connectivity index (χ0n) is 23.2. The molecule has 1 amide bonds. The van der Waals surface area contributed by atoms with Crippen molar-refractivity contribution in [3.63, 3.8) is 0 Å². The van der Waals surface area contributed by atoms with Gasteiger partial charge in [-0.15, -0.1) is 0 Å². The van der Waals surface area contributed by atoms with Crippen molar-refractivity contribution in [3.05, 3.63) is 80.9 Å². The summed E-state index contributed by atoms with van der Waals surface area (Å²) in [5, 5.41) is 2.29. The number of rotatable bonds is 4. The highest BCUT2D eigenvalue weighted by atomic mass is 19.4. The smallest absolute Gasteiger partial charge is 0.418 e. The Morgan fingerprint density at radius 3 is 2.21 bits per heavy atom. The molecule has 1 aromatic carbocycles. The summed E-state index contributed by atoms with van der Waals surface area (Å²) in [6.07, 6.45) is 6.03. The molecule has 1 aliphatic carbocycles. The number of H-pyrrole nitrogens is 1. The molecule has 4 aromatic rings. The SMILES string of the molecule is C1CCCCC1.CNC(=O)c1nccc2[nH]c(-c3c(Oc4ccc(F)c(F)c4C)ncc(C(F)(F)F)c3C)cc(=O)c12. The third-order valence-corrected chi connectivity index (χ3v) is 7.06. The standard InChI is InChI=1S/C24H17F5N4O3.C6H12/c1-10-12(24(27,28)29)9-32-23(36-17-5-4-13(25)20(26)11(17)2)18(10)15-8-16(34)19-14(33-15)6-7-31-21(19)22(35)30-3;1-2-4-6-5-3-1/h4-9H,1-3H3,(H,30,35)(H,33,34);1-6H2. The van der Waals surface area contributed by atoms with Crippen molar-refractivity contribution in [2.24, 2.45) is 0 Å². The van der Waals surface area contributed by atoms with Crippen LogP contribution in [0.15, 0.2) is 41.5 Å². The molecule has 0 bridgehead atoms. The maximum Gasteiger partial charge on any atom is 0.418 e. The van der Waals surface area contributed by atoms with E-state index in [0.29, 0.717) is 6.20 Å². The van der Waals surface area contributed by atoms with Crippen LogP contribution in [-0.2, 0) is 6.18 Å². The number of hydrogen-bond acceptors (Lipinski definition) is 5. The molecule has 0 atom stereocenters. The van der Waals surface area contributed by atoms with E-state index in [1.807, 2.05) is 0 Å². The van der Waals surface area contributed by atoms with E-state index in [-0.39, 0.29) is 50.6 Å². The lowest BCUT2D eigenvalue weighted by Crippen LogP contribution is -2.22. The number of carbonyl (C=O) groups is 1. The Kier molecular flexibility index (Phi) is 9.23. The van der Waals surface area contributed by atoms with Crippen LogP contribution in [0, 0.1) is 25.5 Å². The normalized spacial score (nSPS) is 13.3. The van der Waals surface area contributed by atoms with Crippen LogP contribution in [-0.4, -0.2) is 27.9 Å². The minimum atomic E-state index is -4.78. The van der Waals surface area contributed by atoms with Crippen LogP contribution in [0.25, 0.3) is 22.2 Å². The lowest BCUT2D eigenvalue weighted by molar-refractivity contribution is -0.138. The Hall–Kier alpha value is -4.35. The van der Waals surface area contributed by atoms with E-state index in [1.165, 1.54) is 64.8 Å². The minimum Gasteiger partial charge on any atom is -0.438 e. The van der Waals surface area contributed by atoms with Crippen LogP contribution < -0.4 is 15.5 Å². The molecular formula is C30H29F5N4O3. The lowest BCUT2D eigenvalue weighted by Gasteiger charge is -2.18. The molecule has 2 N–H and O–H groups in total. The Labute approximate surface area is 238 Å². The molecule has 7 nitrogen and oxygen atoms in total. The number of amides is 1. The molecule has 42 heavy (non-hydrogen) atoms. The molecule has 1 fully saturated rings. The number of nitrogens with one attached hydrogen (secondary N) is 2. The fourth-order valence-electron chi connectivity index (χ4n) is 4.79. The van der Waals surface area contributed by atoms with Gasteiger partial charge in [-0.25, -0.2) is 13.8 Å². The van der Waals surface area contributed by atoms with Gasteiger partial charge in [-0.1, -0.05) is 38.5 Å². The Balaban J connectivity index is 0.000000600. The number of fused-ring (bicyclic) bond motifs is 1. The summed E-state index contributed by atoms with van der Waals surface area (Å²) in [6.45, 7) is 2.39. The van der Waals surface area contributed by atoms with Gasteiger partial charge in [0, 0.05) is 31.1 Å². The van der Waals surface area contributed by atoms with Gasteiger partial charge in [0.15, 0.2) is 17.1 Å². The first kappa shape index (κ1) is 30.6. The predicted octanol–water partition coefficient (Wildman–Crippen LogP) is 7.39. The van der Waals surface area contributed by atoms with Crippen LogP contribution in [0.1, 0.15) is 65.7 Å². The molecule has 0 radical (unpaired) electrons. The van der Waals surface area contributed by atoms with E-state index < -0.39 is 34.7 Å². The zero-order chi connectivity index (χ0) is 30.6. The van der Waals surface area contributed by atoms with Gasteiger partial charge in [0.05, 0.1) is 27.7 Å². The third kappa shape index (κ3) is 6.42. The molecule has 3 heterocycles. The van der Waals surface area contributed by atoms with Crippen LogP contribution in [0.3, 0.4) is 0 Å². The molecule has 0 spiro atoms. The monoisotopic (exact) mass is 588 g/mol. The van der Waals surface area contributed by atoms with Crippen molar-refractivity contribution in [2.75, 3.05) is 7.05 Å². The molecule has 222 valence electrons. The summed E-state index contributed by atoms with van der Waals surface area (Å²) in [4.78, 5) is 35.7. The Morgan fingerprint density at radius 1 is 0.976 bits per heavy atom. The summed E-state index contributed by atoms with van der Waals surface area (Å²) >= 11 is 0. The van der Waals surface area contributed by atoms with E-state index in [0.717, 1.165) is 25.1 Å². The first-order valence-electron chi connectivity index (χ1n) is 13.4. The average molecular weight is 589 g/mol. The Morgan fingerprint density at radius 2 is 1.62 bits per heavy atom. The van der Waals surface area contributed by atoms with Crippen molar-refractivity contribution >= 4 is 16.8 Å². The van der Waals surface area contributed by atoms with Crippen LogP contribution in [0.4, 0.5) is 22.0 Å². The second kappa shape index (κ2) is 12.7. The quantitative estimate of drug-likeness (QED) is 0.242. The van der Waals surface area contributed by atoms with Crippen molar-refractivity contribution in [2.45, 2.75) is 58.5 Å². The van der Waals surface area contributed by atoms with Gasteiger partial charge in [-0.2, -0.15) is 13.2 Å². The Bertz CT molecular complexity index is 1670. The van der Waals surface area contributed by atoms with E-state index in [9.17, 15) is 31.5 Å². The van der Waals surface area contributed by atoms with E-state index in [2.05, 4.69) is 20.3 Å². The molecule has 1 saturated carbocycles. The molecule has 3 aromatic heterocycles. The first-order chi connectivity index (χ1) is 19.9. The minimum absolute atomic E-state index is 0.0721. The maximum absolute atomic E-state index is 14.1. The van der Waals surface area contributed by atoms with Crippen LogP contribution in [0.5, 0.6) is 11.6 Å². The number of pyridine rings is 3. The number of benzene rings is 1. The van der Waals surface area contributed by atoms with Crippen LogP contribution >= 0.6 is 0 Å². The summed E-state index contributed by atoms with van der Waals surface area (Å²) in [7, 11) is 1.35. The maximum atomic E-state index is 14.1. The third-order valence-electron chi connectivity index (χ3n) is 7.06. The number of hydrogen-bond donors (Lipinski definition) is 2. The van der Waals surface area contributed by atoms with Gasteiger partial charge in [0.25, 0.3) is 5.91 Å². The van der Waals surface area contributed by atoms with Crippen molar-refractivity contribution < 1.29 is 31.5 Å². The van der Waals surface area contributed by atoms with E-state index in [4.69, 9.17) is 4.74 Å². The van der Waals surface area contributed by atoms with E-state index >= 15 is 0 Å². The molecule has 0 aliphatic heterocycles. The second-order valence-electron chi connectivity index (χ2n) is 9.89. The van der Waals surface area contributed by atoms with Gasteiger partial charge in [-0.3, -0.25) is 14.6 Å². The molecule has 0 saturated heterocycles. The molecular weight excluding hydrogens is 559 g/mol. The van der Waals surface area contributed by atoms with Gasteiger partial charge in [0.2, 0.25) is 5.88 Å². The summed E-state index contributed by atoms with van der Waals surface area (Å²) < 4.78 is 74.3. The number of carbonyl (C=O) groups excluding carboxylic acids is 1. The highest BCUT2D eigenvalue weighted by Gasteiger charge is 2.35. The number of aromatic amines is 1. The first-order valence-corrected chi connectivity index (χ1v) is 13.4. The predicted molar refractivity (Wildman–Crippen MR) is 148 cm³/mol. The van der Waals surface area contributed by atoms with Gasteiger partial charge < -0.3 is 15.0 Å². The largest absolute Gasteiger partial charge is 0.438 e. The number of halogens is 5. The van der Waals surface area contributed by atoms with Gasteiger partial charge >= 0.3 is 6.18 Å². The van der Waals surface area contributed by atoms with E-state index in [1.54, 1.807) is 0 Å². The summed E-state index contributed by atoms with van der Waals surface area (Å²) in [5.41, 5.74) is -2.73. The number of ether oxygens (including phenoxy) is 1. The molecule has 1 aliphatic rings. The fraction of sp³-hybridized carbons (Fsp3) is 0.333. The number of alkyl halides is 3. The van der Waals surface area contributed by atoms with Crippen LogP contribution in [0.2, 0.25) is 0 Å². The highest BCUT2D eigenvalue weighted by molar-refractivity contribution is 6.04. The number of nitrogens with zero attached hydrogens (tertiary/aromatic N) is 2. The van der Waals surface area contributed by atoms with Crippen molar-refractivity contribution in [1.82, 2.24) is 20.3 Å². The van der Waals surface area contributed by atoms with Gasteiger partial charge in [-0.05, 0) is 37.6 Å². The lowest BCUT2D eigenvalue weighted by atomic mass is 10.0. The molecule has 5 rings (SSSR count). The topological polar surface area (TPSA) is 97.0 Å². The molecule has 0 unspecified atom stereocenters. The van der Waals surface area contributed by atoms with Crippen molar-refractivity contribution in [3.8, 4) is 22.9 Å². The fourth-order valence-corrected chi connectivity index (χ4v) is 4.79. The van der Waals surface area contributed by atoms with Crippen molar-refractivity contribution in [1.29, 1.82) is 0 Å². The zero-order valence-corrected chi connectivity index (χ0v) is 23.2. The molecule has 12 heteroatoms. The van der Waals surface area contributed by atoms with Gasteiger partial charge in [0.1, 0.15) is 11.4 Å². The number of aromatic nitrogens is 3. The second-order valence-corrected chi connectivity index (χ2v) is 9.89. The summed E-state index contributed by atoms with van der Waals surface area (Å²) in [5.74, 6) is -3.52. The average Bonchev–Trinajstić information content (AvgIpc) is 2.97. The summed E-state index contributed by atoms with van der Waals surface area (Å²) in [6, 6.07) is 4.28.